The first-order valence-electron chi connectivity index (χ1n) is 14.0. The Hall–Kier alpha value is -3.24. The Bertz CT molecular complexity index is 1270. The van der Waals surface area contributed by atoms with Crippen LogP contribution in [0.4, 0.5) is 61.5 Å². The third kappa shape index (κ3) is 13.9. The van der Waals surface area contributed by atoms with Crippen LogP contribution in [-0.2, 0) is 18.9 Å². The van der Waals surface area contributed by atoms with E-state index in [0.29, 0.717) is 23.7 Å². The van der Waals surface area contributed by atoms with Gasteiger partial charge < -0.3 is 14.2 Å². The summed E-state index contributed by atoms with van der Waals surface area (Å²) in [6.45, 7) is -2.05. The van der Waals surface area contributed by atoms with E-state index in [2.05, 4.69) is 26.4 Å². The van der Waals surface area contributed by atoms with E-state index in [4.69, 9.17) is 9.47 Å². The summed E-state index contributed by atoms with van der Waals surface area (Å²) in [6, 6.07) is 5.68. The summed E-state index contributed by atoms with van der Waals surface area (Å²) in [5.74, 6) is 0.818. The highest BCUT2D eigenvalue weighted by atomic mass is 19.4. The molecule has 280 valence electrons. The van der Waals surface area contributed by atoms with Gasteiger partial charge in [0, 0.05) is 5.56 Å². The molecule has 49 heavy (non-hydrogen) atoms. The fraction of sp³-hybridized carbons (Fsp3) is 0.630. The van der Waals surface area contributed by atoms with Gasteiger partial charge in [-0.2, -0.15) is 43.9 Å². The number of aromatic nitrogens is 2. The smallest absolute Gasteiger partial charge is 0.490 e. The average Bonchev–Trinajstić information content (AvgIpc) is 2.96. The predicted molar refractivity (Wildman–Crippen MR) is 137 cm³/mol. The highest BCUT2D eigenvalue weighted by molar-refractivity contribution is 5.56. The lowest BCUT2D eigenvalue weighted by molar-refractivity contribution is -0.564. The van der Waals surface area contributed by atoms with Crippen molar-refractivity contribution in [2.24, 2.45) is 0 Å². The van der Waals surface area contributed by atoms with E-state index in [-0.39, 0.29) is 5.75 Å². The van der Waals surface area contributed by atoms with Gasteiger partial charge in [-0.1, -0.05) is 32.6 Å². The van der Waals surface area contributed by atoms with Crippen molar-refractivity contribution < 1.29 is 89.9 Å². The van der Waals surface area contributed by atoms with Crippen LogP contribution in [0.25, 0.3) is 11.4 Å². The summed E-state index contributed by atoms with van der Waals surface area (Å²) in [4.78, 5) is 8.36. The van der Waals surface area contributed by atoms with Crippen LogP contribution in [0, 0.1) is 0 Å². The lowest BCUT2D eigenvalue weighted by Gasteiger charge is -2.33. The predicted octanol–water partition coefficient (Wildman–Crippen LogP) is 8.76. The first kappa shape index (κ1) is 41.9. The maximum absolute atomic E-state index is 14.1. The van der Waals surface area contributed by atoms with Crippen molar-refractivity contribution in [3.8, 4) is 22.9 Å². The molecule has 0 aliphatic rings. The molecule has 1 aromatic heterocycles. The molecule has 22 heteroatoms. The van der Waals surface area contributed by atoms with E-state index in [1.165, 1.54) is 36.7 Å². The Balaban J connectivity index is 1.81. The molecule has 0 bridgehead atoms. The van der Waals surface area contributed by atoms with Gasteiger partial charge in [0.1, 0.15) is 19.0 Å². The topological polar surface area (TPSA) is 81.2 Å². The number of hydrogen-bond donors (Lipinski definition) is 0. The van der Waals surface area contributed by atoms with Crippen molar-refractivity contribution in [2.45, 2.75) is 82.1 Å². The molecule has 0 amide bonds. The number of benzene rings is 1. The van der Waals surface area contributed by atoms with E-state index in [0.717, 1.165) is 32.1 Å². The van der Waals surface area contributed by atoms with Crippen molar-refractivity contribution in [2.75, 3.05) is 26.4 Å². The molecule has 0 saturated heterocycles. The SMILES string of the molecule is CCCCCCCOc1cnc(-c2ccc(OC[C@@H](F)COCC(F)(F)OC(F)(F)C(F)(F)OC(F)(F)C(F)(F)OC(F)(F)F)cc2)nc1. The van der Waals surface area contributed by atoms with Crippen LogP contribution >= 0.6 is 0 Å². The third-order valence-electron chi connectivity index (χ3n) is 5.71. The quantitative estimate of drug-likeness (QED) is 0.0876. The van der Waals surface area contributed by atoms with Crippen molar-refractivity contribution in [3.63, 3.8) is 0 Å². The van der Waals surface area contributed by atoms with E-state index in [9.17, 15) is 61.5 Å². The van der Waals surface area contributed by atoms with Crippen molar-refractivity contribution in [1.29, 1.82) is 0 Å². The largest absolute Gasteiger partial charge is 0.527 e. The fourth-order valence-corrected chi connectivity index (χ4v) is 3.44. The van der Waals surface area contributed by atoms with Crippen LogP contribution in [-0.4, -0.2) is 79.5 Å². The van der Waals surface area contributed by atoms with Crippen molar-refractivity contribution >= 4 is 0 Å². The van der Waals surface area contributed by atoms with E-state index >= 15 is 0 Å². The molecule has 0 aliphatic carbocycles. The monoisotopic (exact) mass is 742 g/mol. The lowest BCUT2D eigenvalue weighted by atomic mass is 10.2. The second-order valence-electron chi connectivity index (χ2n) is 9.91. The number of alkyl halides is 14. The Kier molecular flexibility index (Phi) is 14.6. The molecular weight excluding hydrogens is 714 g/mol. The summed E-state index contributed by atoms with van der Waals surface area (Å²) in [7, 11) is 0. The second kappa shape index (κ2) is 17.1. The van der Waals surface area contributed by atoms with Gasteiger partial charge in [-0.15, -0.1) is 13.2 Å². The van der Waals surface area contributed by atoms with Gasteiger partial charge in [0.15, 0.2) is 17.7 Å². The summed E-state index contributed by atoms with van der Waals surface area (Å²) in [6.07, 6.45) is -34.4. The van der Waals surface area contributed by atoms with Gasteiger partial charge in [0.2, 0.25) is 0 Å². The average molecular weight is 743 g/mol. The standard InChI is InChI=1S/C27H28F14N2O6/c1-2-3-4-5-6-11-45-20-12-42-21(43-13-20)17-7-9-19(10-8-17)46-15-18(28)14-44-16-22(29,30)47-23(31,32)24(33,34)48-25(35,36)26(37,38)49-27(39,40)41/h7-10,12-13,18H,2-6,11,14-16H2,1H3/t18-/m0/s1. The zero-order valence-electron chi connectivity index (χ0n) is 25.0. The van der Waals surface area contributed by atoms with Crippen LogP contribution in [0.1, 0.15) is 39.0 Å². The zero-order chi connectivity index (χ0) is 37.2. The normalized spacial score (nSPS) is 14.2. The lowest BCUT2D eigenvalue weighted by Crippen LogP contribution is -2.57. The fourth-order valence-electron chi connectivity index (χ4n) is 3.44. The Morgan fingerprint density at radius 3 is 1.69 bits per heavy atom. The molecule has 0 saturated carbocycles. The number of hydrogen-bond acceptors (Lipinski definition) is 8. The molecule has 0 spiro atoms. The van der Waals surface area contributed by atoms with Crippen molar-refractivity contribution in [1.82, 2.24) is 9.97 Å². The van der Waals surface area contributed by atoms with Gasteiger partial charge in [0.25, 0.3) is 0 Å². The summed E-state index contributed by atoms with van der Waals surface area (Å²) < 4.78 is 203. The number of ether oxygens (including phenoxy) is 6. The van der Waals surface area contributed by atoms with Crippen LogP contribution in [0.15, 0.2) is 36.7 Å². The molecule has 2 aromatic rings. The minimum Gasteiger partial charge on any atom is -0.490 e. The Morgan fingerprint density at radius 2 is 1.14 bits per heavy atom. The van der Waals surface area contributed by atoms with E-state index in [1.54, 1.807) is 9.47 Å². The van der Waals surface area contributed by atoms with Crippen LogP contribution in [0.5, 0.6) is 11.5 Å². The molecule has 8 nitrogen and oxygen atoms in total. The van der Waals surface area contributed by atoms with Crippen LogP contribution in [0.2, 0.25) is 0 Å². The summed E-state index contributed by atoms with van der Waals surface area (Å²) in [5, 5.41) is 0. The number of rotatable bonds is 22. The molecule has 0 N–H and O–H groups in total. The number of unbranched alkanes of at least 4 members (excludes halogenated alkanes) is 4. The van der Waals surface area contributed by atoms with Gasteiger partial charge in [-0.3, -0.25) is 0 Å². The van der Waals surface area contributed by atoms with E-state index in [1.807, 2.05) is 0 Å². The maximum Gasteiger partial charge on any atom is 0.527 e. The zero-order valence-corrected chi connectivity index (χ0v) is 25.0. The molecule has 1 atom stereocenters. The Labute approximate surface area is 268 Å². The molecule has 1 heterocycles. The summed E-state index contributed by atoms with van der Waals surface area (Å²) in [5.41, 5.74) is 0.515. The van der Waals surface area contributed by atoms with Crippen molar-refractivity contribution in [3.05, 3.63) is 36.7 Å². The highest BCUT2D eigenvalue weighted by Crippen LogP contribution is 2.48. The number of halogens is 14. The van der Waals surface area contributed by atoms with Gasteiger partial charge in [-0.25, -0.2) is 28.6 Å². The highest BCUT2D eigenvalue weighted by Gasteiger charge is 2.74. The minimum atomic E-state index is -7.16. The van der Waals surface area contributed by atoms with Gasteiger partial charge in [-0.05, 0) is 30.7 Å². The first-order chi connectivity index (χ1) is 22.5. The summed E-state index contributed by atoms with van der Waals surface area (Å²) >= 11 is 0. The van der Waals surface area contributed by atoms with Gasteiger partial charge in [0.05, 0.1) is 25.6 Å². The molecular formula is C27H28F14N2O6. The minimum absolute atomic E-state index is 0.0491. The first-order valence-corrected chi connectivity index (χ1v) is 14.0. The van der Waals surface area contributed by atoms with Crippen LogP contribution in [0.3, 0.4) is 0 Å². The number of nitrogens with zero attached hydrogens (tertiary/aromatic N) is 2. The molecule has 0 unspecified atom stereocenters. The molecule has 0 radical (unpaired) electrons. The third-order valence-corrected chi connectivity index (χ3v) is 5.71. The molecule has 0 aliphatic heterocycles. The molecule has 0 fully saturated rings. The second-order valence-corrected chi connectivity index (χ2v) is 9.91. The van der Waals surface area contributed by atoms with E-state index < -0.39 is 62.9 Å². The van der Waals surface area contributed by atoms with Crippen LogP contribution < -0.4 is 9.47 Å². The molecule has 2 rings (SSSR count). The molecule has 1 aromatic carbocycles. The Morgan fingerprint density at radius 1 is 0.612 bits per heavy atom. The maximum atomic E-state index is 14.1. The van der Waals surface area contributed by atoms with Gasteiger partial charge >= 0.3 is 36.9 Å².